The van der Waals surface area contributed by atoms with Gasteiger partial charge in [0, 0.05) is 26.2 Å². The number of aromatic amines is 1. The minimum atomic E-state index is -4.67. The lowest BCUT2D eigenvalue weighted by molar-refractivity contribution is -0.141. The maximum Gasteiger partial charge on any atom is 0.433 e. The van der Waals surface area contributed by atoms with Crippen LogP contribution in [-0.4, -0.2) is 64.8 Å². The molecule has 0 bridgehead atoms. The van der Waals surface area contributed by atoms with Crippen LogP contribution < -0.4 is 0 Å². The summed E-state index contributed by atoms with van der Waals surface area (Å²) in [5.74, 6) is -0.760. The molecule has 0 aromatic carbocycles. The second kappa shape index (κ2) is 6.24. The van der Waals surface area contributed by atoms with Crippen LogP contribution in [0.5, 0.6) is 0 Å². The molecule has 2 rings (SSSR count). The van der Waals surface area contributed by atoms with E-state index < -0.39 is 29.4 Å². The molecule has 1 aromatic heterocycles. The van der Waals surface area contributed by atoms with Gasteiger partial charge in [0.25, 0.3) is 5.91 Å². The highest BCUT2D eigenvalue weighted by atomic mass is 19.4. The van der Waals surface area contributed by atoms with Gasteiger partial charge in [0.2, 0.25) is 0 Å². The summed E-state index contributed by atoms with van der Waals surface area (Å²) in [4.78, 5) is 26.4. The highest BCUT2D eigenvalue weighted by Gasteiger charge is 2.39. The Morgan fingerprint density at radius 2 is 1.86 bits per heavy atom. The maximum atomic E-state index is 12.8. The summed E-state index contributed by atoms with van der Waals surface area (Å²) in [7, 11) is 0. The second-order valence-electron chi connectivity index (χ2n) is 4.63. The van der Waals surface area contributed by atoms with Crippen molar-refractivity contribution in [2.45, 2.75) is 13.1 Å². The van der Waals surface area contributed by atoms with E-state index in [1.165, 1.54) is 9.80 Å². The van der Waals surface area contributed by atoms with E-state index in [0.29, 0.717) is 0 Å². The van der Waals surface area contributed by atoms with Crippen LogP contribution in [0.2, 0.25) is 0 Å². The van der Waals surface area contributed by atoms with Gasteiger partial charge in [0.1, 0.15) is 0 Å². The molecule has 22 heavy (non-hydrogen) atoms. The van der Waals surface area contributed by atoms with E-state index >= 15 is 0 Å². The normalized spacial score (nSPS) is 15.8. The number of rotatable bonds is 2. The first-order valence-electron chi connectivity index (χ1n) is 6.66. The SMILES string of the molecule is CCOC(=O)N1CCN(C(=O)c2cn[nH]c2C(F)(F)F)CC1. The van der Waals surface area contributed by atoms with Gasteiger partial charge in [-0.15, -0.1) is 0 Å². The summed E-state index contributed by atoms with van der Waals surface area (Å²) in [6, 6.07) is 0. The van der Waals surface area contributed by atoms with Crippen LogP contribution in [-0.2, 0) is 10.9 Å². The zero-order valence-electron chi connectivity index (χ0n) is 11.8. The standard InChI is InChI=1S/C12H15F3N4O3/c1-2-22-11(21)19-5-3-18(4-6-19)10(20)8-7-16-17-9(8)12(13,14)15/h7H,2-6H2,1H3,(H,16,17). The van der Waals surface area contributed by atoms with Crippen LogP contribution in [0.3, 0.4) is 0 Å². The van der Waals surface area contributed by atoms with Crippen molar-refractivity contribution >= 4 is 12.0 Å². The summed E-state index contributed by atoms with van der Waals surface area (Å²) >= 11 is 0. The molecule has 0 radical (unpaired) electrons. The molecule has 0 aliphatic carbocycles. The molecule has 0 atom stereocenters. The van der Waals surface area contributed by atoms with Crippen molar-refractivity contribution < 1.29 is 27.5 Å². The monoisotopic (exact) mass is 320 g/mol. The van der Waals surface area contributed by atoms with E-state index in [1.807, 2.05) is 0 Å². The molecule has 0 saturated carbocycles. The fraction of sp³-hybridized carbons (Fsp3) is 0.583. The van der Waals surface area contributed by atoms with Crippen LogP contribution in [0, 0.1) is 0 Å². The molecule has 1 aliphatic heterocycles. The van der Waals surface area contributed by atoms with Crippen LogP contribution in [0.1, 0.15) is 23.0 Å². The number of nitrogens with one attached hydrogen (secondary N) is 1. The number of hydrogen-bond donors (Lipinski definition) is 1. The maximum absolute atomic E-state index is 12.8. The van der Waals surface area contributed by atoms with Crippen molar-refractivity contribution in [3.63, 3.8) is 0 Å². The topological polar surface area (TPSA) is 78.5 Å². The van der Waals surface area contributed by atoms with Crippen molar-refractivity contribution in [2.75, 3.05) is 32.8 Å². The van der Waals surface area contributed by atoms with Crippen molar-refractivity contribution in [1.82, 2.24) is 20.0 Å². The third-order valence-electron chi connectivity index (χ3n) is 3.25. The highest BCUT2D eigenvalue weighted by molar-refractivity contribution is 5.95. The number of nitrogens with zero attached hydrogens (tertiary/aromatic N) is 3. The third-order valence-corrected chi connectivity index (χ3v) is 3.25. The molecule has 2 heterocycles. The van der Waals surface area contributed by atoms with Crippen LogP contribution in [0.4, 0.5) is 18.0 Å². The number of ether oxygens (including phenoxy) is 1. The number of alkyl halides is 3. The Morgan fingerprint density at radius 3 is 2.41 bits per heavy atom. The van der Waals surface area contributed by atoms with Gasteiger partial charge in [-0.1, -0.05) is 0 Å². The molecule has 1 aromatic rings. The van der Waals surface area contributed by atoms with Gasteiger partial charge in [-0.25, -0.2) is 4.79 Å². The van der Waals surface area contributed by atoms with Gasteiger partial charge >= 0.3 is 12.3 Å². The van der Waals surface area contributed by atoms with E-state index in [9.17, 15) is 22.8 Å². The highest BCUT2D eigenvalue weighted by Crippen LogP contribution is 2.30. The first-order valence-corrected chi connectivity index (χ1v) is 6.66. The molecule has 122 valence electrons. The molecule has 2 amide bonds. The molecule has 10 heteroatoms. The zero-order valence-corrected chi connectivity index (χ0v) is 11.8. The molecule has 0 unspecified atom stereocenters. The van der Waals surface area contributed by atoms with Crippen molar-refractivity contribution in [2.24, 2.45) is 0 Å². The molecular formula is C12H15F3N4O3. The van der Waals surface area contributed by atoms with Gasteiger partial charge in [-0.2, -0.15) is 18.3 Å². The Kier molecular flexibility index (Phi) is 4.57. The quantitative estimate of drug-likeness (QED) is 0.892. The summed E-state index contributed by atoms with van der Waals surface area (Å²) < 4.78 is 43.1. The zero-order chi connectivity index (χ0) is 16.3. The lowest BCUT2D eigenvalue weighted by Crippen LogP contribution is -2.50. The van der Waals surface area contributed by atoms with Gasteiger partial charge in [-0.05, 0) is 6.92 Å². The summed E-state index contributed by atoms with van der Waals surface area (Å²) in [5.41, 5.74) is -1.68. The number of carbonyl (C=O) groups excluding carboxylic acids is 2. The first kappa shape index (κ1) is 16.1. The van der Waals surface area contributed by atoms with Gasteiger partial charge in [0.05, 0.1) is 18.4 Å². The summed E-state index contributed by atoms with van der Waals surface area (Å²) in [5, 5.41) is 5.10. The van der Waals surface area contributed by atoms with Gasteiger partial charge in [-0.3, -0.25) is 9.89 Å². The molecule has 7 nitrogen and oxygen atoms in total. The van der Waals surface area contributed by atoms with Crippen molar-refractivity contribution in [1.29, 1.82) is 0 Å². The number of carbonyl (C=O) groups is 2. The molecule has 1 N–H and O–H groups in total. The Hall–Kier alpha value is -2.26. The minimum absolute atomic E-state index is 0.139. The summed E-state index contributed by atoms with van der Waals surface area (Å²) in [6.45, 7) is 2.62. The van der Waals surface area contributed by atoms with E-state index in [-0.39, 0.29) is 32.8 Å². The van der Waals surface area contributed by atoms with E-state index in [1.54, 1.807) is 12.0 Å². The number of halogens is 3. The average Bonchev–Trinajstić information content (AvgIpc) is 2.96. The van der Waals surface area contributed by atoms with Crippen LogP contribution >= 0.6 is 0 Å². The Morgan fingerprint density at radius 1 is 1.27 bits per heavy atom. The largest absolute Gasteiger partial charge is 0.450 e. The first-order chi connectivity index (χ1) is 10.3. The molecular weight excluding hydrogens is 305 g/mol. The van der Waals surface area contributed by atoms with E-state index in [4.69, 9.17) is 4.74 Å². The minimum Gasteiger partial charge on any atom is -0.450 e. The van der Waals surface area contributed by atoms with E-state index in [2.05, 4.69) is 5.10 Å². The molecule has 1 saturated heterocycles. The number of amides is 2. The van der Waals surface area contributed by atoms with E-state index in [0.717, 1.165) is 6.20 Å². The van der Waals surface area contributed by atoms with Crippen molar-refractivity contribution in [3.8, 4) is 0 Å². The Labute approximate surface area is 124 Å². The Balaban J connectivity index is 2.02. The predicted molar refractivity (Wildman–Crippen MR) is 68.1 cm³/mol. The fourth-order valence-corrected chi connectivity index (χ4v) is 2.14. The van der Waals surface area contributed by atoms with Crippen LogP contribution in [0.25, 0.3) is 0 Å². The Bertz CT molecular complexity index is 550. The van der Waals surface area contributed by atoms with Crippen molar-refractivity contribution in [3.05, 3.63) is 17.5 Å². The molecule has 1 aliphatic rings. The number of piperazine rings is 1. The van der Waals surface area contributed by atoms with Gasteiger partial charge in [0.15, 0.2) is 5.69 Å². The smallest absolute Gasteiger partial charge is 0.433 e. The third kappa shape index (κ3) is 3.31. The molecule has 0 spiro atoms. The van der Waals surface area contributed by atoms with Crippen LogP contribution in [0.15, 0.2) is 6.20 Å². The number of H-pyrrole nitrogens is 1. The predicted octanol–water partition coefficient (Wildman–Crippen LogP) is 1.34. The number of aromatic nitrogens is 2. The average molecular weight is 320 g/mol. The summed E-state index contributed by atoms with van der Waals surface area (Å²) in [6.07, 6.45) is -4.30. The number of hydrogen-bond acceptors (Lipinski definition) is 4. The fourth-order valence-electron chi connectivity index (χ4n) is 2.14. The lowest BCUT2D eigenvalue weighted by Gasteiger charge is -2.34. The molecule has 1 fully saturated rings. The lowest BCUT2D eigenvalue weighted by atomic mass is 10.2. The second-order valence-corrected chi connectivity index (χ2v) is 4.63. The van der Waals surface area contributed by atoms with Gasteiger partial charge < -0.3 is 14.5 Å².